The van der Waals surface area contributed by atoms with E-state index in [1.165, 1.54) is 11.0 Å². The summed E-state index contributed by atoms with van der Waals surface area (Å²) in [4.78, 5) is 38.3. The number of amides is 1. The van der Waals surface area contributed by atoms with Crippen LogP contribution in [0.15, 0.2) is 82.0 Å². The summed E-state index contributed by atoms with van der Waals surface area (Å²) >= 11 is 0. The van der Waals surface area contributed by atoms with Crippen molar-refractivity contribution in [2.24, 2.45) is 0 Å². The van der Waals surface area contributed by atoms with Gasteiger partial charge in [-0.05, 0) is 60.9 Å². The second-order valence-corrected chi connectivity index (χ2v) is 9.71. The Morgan fingerprint density at radius 1 is 0.930 bits per heavy atom. The Balaban J connectivity index is 1.12. The molecule has 43 heavy (non-hydrogen) atoms. The molecule has 0 fully saturated rings. The van der Waals surface area contributed by atoms with Crippen molar-refractivity contribution in [1.82, 2.24) is 25.3 Å². The van der Waals surface area contributed by atoms with Crippen molar-refractivity contribution >= 4 is 28.7 Å². The first kappa shape index (κ1) is 28.9. The Kier molecular flexibility index (Phi) is 8.66. The van der Waals surface area contributed by atoms with Crippen LogP contribution in [0.2, 0.25) is 0 Å². The van der Waals surface area contributed by atoms with E-state index in [9.17, 15) is 14.4 Å². The minimum atomic E-state index is -0.591. The zero-order valence-corrected chi connectivity index (χ0v) is 23.5. The number of hydrogen-bond acceptors (Lipinski definition) is 11. The van der Waals surface area contributed by atoms with Gasteiger partial charge >= 0.3 is 17.7 Å². The predicted molar refractivity (Wildman–Crippen MR) is 157 cm³/mol. The molecule has 0 aliphatic heterocycles. The van der Waals surface area contributed by atoms with Gasteiger partial charge in [-0.15, -0.1) is 20.4 Å². The molecule has 2 heterocycles. The average Bonchev–Trinajstić information content (AvgIpc) is 2.99. The summed E-state index contributed by atoms with van der Waals surface area (Å²) in [5.74, 6) is 0.467. The third-order valence-corrected chi connectivity index (χ3v) is 6.53. The van der Waals surface area contributed by atoms with Crippen molar-refractivity contribution in [3.63, 3.8) is 0 Å². The Bertz CT molecular complexity index is 1820. The minimum Gasteiger partial charge on any atom is -0.461 e. The monoisotopic (exact) mass is 580 g/mol. The first-order valence-corrected chi connectivity index (χ1v) is 13.4. The number of carbonyl (C=O) groups excluding carboxylic acids is 2. The van der Waals surface area contributed by atoms with Crippen molar-refractivity contribution in [3.8, 4) is 17.1 Å². The number of aryl methyl sites for hydroxylation is 1. The van der Waals surface area contributed by atoms with E-state index in [0.29, 0.717) is 46.1 Å². The van der Waals surface area contributed by atoms with Crippen LogP contribution < -0.4 is 16.1 Å². The highest BCUT2D eigenvalue weighted by Crippen LogP contribution is 2.20. The fraction of sp³-hybridized carbons (Fsp3) is 0.194. The third-order valence-electron chi connectivity index (χ3n) is 6.53. The van der Waals surface area contributed by atoms with Gasteiger partial charge in [0.2, 0.25) is 5.82 Å². The number of nitrogens with two attached hydrogens (primary N) is 1. The van der Waals surface area contributed by atoms with E-state index in [1.54, 1.807) is 67.6 Å². The average molecular weight is 581 g/mol. The lowest BCUT2D eigenvalue weighted by Crippen LogP contribution is -2.33. The summed E-state index contributed by atoms with van der Waals surface area (Å²) in [6.45, 7) is 4.07. The first-order valence-electron chi connectivity index (χ1n) is 13.4. The minimum absolute atomic E-state index is 0.0223. The number of hydrogen-bond donors (Lipinski definition) is 1. The zero-order chi connectivity index (χ0) is 30.3. The van der Waals surface area contributed by atoms with Crippen molar-refractivity contribution in [1.29, 1.82) is 0 Å². The van der Waals surface area contributed by atoms with Crippen LogP contribution in [0.1, 0.15) is 29.4 Å². The number of benzene rings is 3. The van der Waals surface area contributed by atoms with Gasteiger partial charge in [0.25, 0.3) is 0 Å². The van der Waals surface area contributed by atoms with Crippen LogP contribution in [0.4, 0.5) is 10.5 Å². The van der Waals surface area contributed by atoms with Crippen LogP contribution in [0.5, 0.6) is 5.75 Å². The fourth-order valence-corrected chi connectivity index (χ4v) is 4.26. The summed E-state index contributed by atoms with van der Waals surface area (Å²) in [5, 5.41) is 17.2. The summed E-state index contributed by atoms with van der Waals surface area (Å²) in [6.07, 6.45) is -0.569. The molecule has 218 valence electrons. The Morgan fingerprint density at radius 3 is 2.40 bits per heavy atom. The number of ether oxygens (including phenoxy) is 2. The highest BCUT2D eigenvalue weighted by Gasteiger charge is 2.17. The molecule has 5 aromatic rings. The lowest BCUT2D eigenvalue weighted by atomic mass is 10.1. The molecule has 5 rings (SSSR count). The molecule has 0 aliphatic rings. The Labute approximate surface area is 246 Å². The zero-order valence-electron chi connectivity index (χ0n) is 23.5. The van der Waals surface area contributed by atoms with Crippen LogP contribution in [0, 0.1) is 6.92 Å². The molecular formula is C31H28N6O6. The van der Waals surface area contributed by atoms with E-state index < -0.39 is 17.7 Å². The SMILES string of the molecule is CCN(Cc1nnc(-c2cccc(N)c2)nn1)C(=O)Oc1ccc(COC(=O)Cc2ccc3c(C)cc(=O)oc3c2)cc1. The molecule has 0 radical (unpaired) electrons. The largest absolute Gasteiger partial charge is 0.461 e. The Morgan fingerprint density at radius 2 is 1.67 bits per heavy atom. The molecule has 1 amide bonds. The molecule has 0 unspecified atom stereocenters. The molecule has 3 aromatic carbocycles. The second kappa shape index (κ2) is 12.9. The van der Waals surface area contributed by atoms with Crippen LogP contribution in [-0.2, 0) is 29.1 Å². The molecular weight excluding hydrogens is 552 g/mol. The molecule has 0 spiro atoms. The smallest absolute Gasteiger partial charge is 0.415 e. The summed E-state index contributed by atoms with van der Waals surface area (Å²) in [5.41, 5.74) is 9.24. The predicted octanol–water partition coefficient (Wildman–Crippen LogP) is 4.24. The van der Waals surface area contributed by atoms with E-state index >= 15 is 0 Å². The Hall–Kier alpha value is -5.65. The molecule has 2 aromatic heterocycles. The maximum Gasteiger partial charge on any atom is 0.415 e. The molecule has 0 atom stereocenters. The molecule has 0 saturated heterocycles. The van der Waals surface area contributed by atoms with Gasteiger partial charge in [-0.3, -0.25) is 4.79 Å². The third kappa shape index (κ3) is 7.36. The number of carbonyl (C=O) groups is 2. The number of nitrogens with zero attached hydrogens (tertiary/aromatic N) is 5. The van der Waals surface area contributed by atoms with Gasteiger partial charge in [-0.1, -0.05) is 36.4 Å². The van der Waals surface area contributed by atoms with Gasteiger partial charge in [0.05, 0.1) is 13.0 Å². The lowest BCUT2D eigenvalue weighted by Gasteiger charge is -2.19. The van der Waals surface area contributed by atoms with Crippen molar-refractivity contribution in [3.05, 3.63) is 106 Å². The van der Waals surface area contributed by atoms with Crippen molar-refractivity contribution in [2.75, 3.05) is 12.3 Å². The highest BCUT2D eigenvalue weighted by molar-refractivity contribution is 5.82. The molecule has 0 aliphatic carbocycles. The standard InChI is InChI=1S/C31H28N6O6/c1-3-37(17-27-33-35-30(36-34-27)22-5-4-6-23(32)16-22)31(40)42-24-10-7-20(8-11-24)18-41-28(38)15-21-9-12-25-19(2)13-29(39)43-26(25)14-21/h4-14,16H,3,15,17-18,32H2,1-2H3. The van der Waals surface area contributed by atoms with E-state index in [1.807, 2.05) is 13.0 Å². The number of esters is 1. The number of rotatable bonds is 9. The number of anilines is 1. The molecule has 12 nitrogen and oxygen atoms in total. The molecule has 2 N–H and O–H groups in total. The van der Waals surface area contributed by atoms with Gasteiger partial charge in [-0.25, -0.2) is 9.59 Å². The van der Waals surface area contributed by atoms with Gasteiger partial charge in [0, 0.05) is 29.2 Å². The molecule has 0 bridgehead atoms. The molecule has 0 saturated carbocycles. The van der Waals surface area contributed by atoms with Crippen molar-refractivity contribution in [2.45, 2.75) is 33.4 Å². The topological polar surface area (TPSA) is 164 Å². The summed E-state index contributed by atoms with van der Waals surface area (Å²) in [6, 6.07) is 20.4. The first-order chi connectivity index (χ1) is 20.8. The van der Waals surface area contributed by atoms with E-state index in [0.717, 1.165) is 10.9 Å². The number of aromatic nitrogens is 4. The highest BCUT2D eigenvalue weighted by atomic mass is 16.6. The van der Waals surface area contributed by atoms with Crippen LogP contribution in [0.25, 0.3) is 22.4 Å². The maximum atomic E-state index is 12.8. The van der Waals surface area contributed by atoms with Gasteiger partial charge in [0.15, 0.2) is 5.82 Å². The van der Waals surface area contributed by atoms with Crippen LogP contribution in [0.3, 0.4) is 0 Å². The summed E-state index contributed by atoms with van der Waals surface area (Å²) < 4.78 is 16.1. The normalized spacial score (nSPS) is 10.8. The maximum absolute atomic E-state index is 12.8. The van der Waals surface area contributed by atoms with E-state index in [4.69, 9.17) is 19.6 Å². The summed E-state index contributed by atoms with van der Waals surface area (Å²) in [7, 11) is 0. The van der Waals surface area contributed by atoms with E-state index in [2.05, 4.69) is 20.4 Å². The fourth-order valence-electron chi connectivity index (χ4n) is 4.26. The number of nitrogen functional groups attached to an aromatic ring is 1. The van der Waals surface area contributed by atoms with Gasteiger partial charge in [0.1, 0.15) is 17.9 Å². The van der Waals surface area contributed by atoms with Crippen molar-refractivity contribution < 1.29 is 23.5 Å². The van der Waals surface area contributed by atoms with Crippen LogP contribution >= 0.6 is 0 Å². The van der Waals surface area contributed by atoms with Gasteiger partial charge < -0.3 is 24.5 Å². The number of fused-ring (bicyclic) bond motifs is 1. The van der Waals surface area contributed by atoms with Gasteiger partial charge in [-0.2, -0.15) is 0 Å². The quantitative estimate of drug-likeness (QED) is 0.151. The second-order valence-electron chi connectivity index (χ2n) is 9.71. The molecule has 12 heteroatoms. The van der Waals surface area contributed by atoms with E-state index in [-0.39, 0.29) is 25.4 Å². The van der Waals surface area contributed by atoms with Crippen LogP contribution in [-0.4, -0.2) is 43.9 Å². The lowest BCUT2D eigenvalue weighted by molar-refractivity contribution is -0.144.